The van der Waals surface area contributed by atoms with Crippen molar-refractivity contribution in [1.82, 2.24) is 0 Å². The SMILES string of the molecule is CCOC(C[NH+]1CCc2ccccc2C1)c1ccc(C)cc1.[Cl-]. The van der Waals surface area contributed by atoms with Crippen LogP contribution in [0.2, 0.25) is 0 Å². The van der Waals surface area contributed by atoms with Gasteiger partial charge < -0.3 is 22.0 Å². The van der Waals surface area contributed by atoms with Gasteiger partial charge in [-0.1, -0.05) is 54.1 Å². The quantitative estimate of drug-likeness (QED) is 0.795. The third kappa shape index (κ3) is 4.57. The van der Waals surface area contributed by atoms with E-state index in [1.165, 1.54) is 35.2 Å². The average molecular weight is 332 g/mol. The lowest BCUT2D eigenvalue weighted by Crippen LogP contribution is -3.12. The van der Waals surface area contributed by atoms with Crippen molar-refractivity contribution in [3.63, 3.8) is 0 Å². The van der Waals surface area contributed by atoms with Crippen molar-refractivity contribution in [2.45, 2.75) is 32.9 Å². The minimum Gasteiger partial charge on any atom is -1.00 e. The third-order valence-electron chi connectivity index (χ3n) is 4.60. The average Bonchev–Trinajstić information content (AvgIpc) is 2.55. The van der Waals surface area contributed by atoms with E-state index in [2.05, 4.69) is 62.4 Å². The topological polar surface area (TPSA) is 13.7 Å². The molecule has 3 heteroatoms. The van der Waals surface area contributed by atoms with E-state index >= 15 is 0 Å². The van der Waals surface area contributed by atoms with Crippen molar-refractivity contribution >= 4 is 0 Å². The second kappa shape index (κ2) is 8.49. The zero-order chi connectivity index (χ0) is 15.4. The molecule has 23 heavy (non-hydrogen) atoms. The van der Waals surface area contributed by atoms with Crippen LogP contribution in [0.1, 0.15) is 35.3 Å². The van der Waals surface area contributed by atoms with E-state index in [0.29, 0.717) is 0 Å². The summed E-state index contributed by atoms with van der Waals surface area (Å²) in [5.74, 6) is 0. The van der Waals surface area contributed by atoms with Gasteiger partial charge in [0.05, 0.1) is 6.54 Å². The Hall–Kier alpha value is -1.35. The van der Waals surface area contributed by atoms with Crippen LogP contribution in [0.3, 0.4) is 0 Å². The number of benzene rings is 2. The number of rotatable bonds is 5. The van der Waals surface area contributed by atoms with Crippen LogP contribution in [-0.4, -0.2) is 19.7 Å². The van der Waals surface area contributed by atoms with Crippen LogP contribution in [0.15, 0.2) is 48.5 Å². The molecule has 1 N–H and O–H groups in total. The van der Waals surface area contributed by atoms with Crippen molar-refractivity contribution in [2.75, 3.05) is 19.7 Å². The van der Waals surface area contributed by atoms with Crippen LogP contribution in [0, 0.1) is 6.92 Å². The molecule has 0 bridgehead atoms. The van der Waals surface area contributed by atoms with E-state index in [4.69, 9.17) is 4.74 Å². The number of aryl methyl sites for hydroxylation is 1. The summed E-state index contributed by atoms with van der Waals surface area (Å²) in [4.78, 5) is 1.62. The number of nitrogens with one attached hydrogen (secondary N) is 1. The van der Waals surface area contributed by atoms with Gasteiger partial charge in [-0.2, -0.15) is 0 Å². The van der Waals surface area contributed by atoms with Gasteiger partial charge in [0.1, 0.15) is 19.2 Å². The van der Waals surface area contributed by atoms with Crippen LogP contribution >= 0.6 is 0 Å². The molecule has 0 aliphatic carbocycles. The molecule has 3 rings (SSSR count). The molecule has 2 aromatic carbocycles. The Morgan fingerprint density at radius 1 is 1.04 bits per heavy atom. The molecule has 2 nitrogen and oxygen atoms in total. The van der Waals surface area contributed by atoms with Crippen LogP contribution in [0.4, 0.5) is 0 Å². The molecule has 0 radical (unpaired) electrons. The minimum atomic E-state index is 0. The molecular weight excluding hydrogens is 306 g/mol. The fraction of sp³-hybridized carbons (Fsp3) is 0.400. The molecule has 0 amide bonds. The van der Waals surface area contributed by atoms with E-state index in [9.17, 15) is 0 Å². The van der Waals surface area contributed by atoms with Gasteiger partial charge in [-0.3, -0.25) is 0 Å². The zero-order valence-corrected chi connectivity index (χ0v) is 14.8. The molecule has 0 saturated carbocycles. The highest BCUT2D eigenvalue weighted by atomic mass is 35.5. The number of ether oxygens (including phenoxy) is 1. The molecule has 0 saturated heterocycles. The summed E-state index contributed by atoms with van der Waals surface area (Å²) in [5.41, 5.74) is 5.63. The molecular formula is C20H26ClNO. The lowest BCUT2D eigenvalue weighted by Gasteiger charge is -2.29. The molecule has 2 atom stereocenters. The summed E-state index contributed by atoms with van der Waals surface area (Å²) < 4.78 is 6.04. The molecule has 2 aromatic rings. The highest BCUT2D eigenvalue weighted by Gasteiger charge is 2.23. The highest BCUT2D eigenvalue weighted by Crippen LogP contribution is 2.17. The second-order valence-corrected chi connectivity index (χ2v) is 6.25. The van der Waals surface area contributed by atoms with Crippen molar-refractivity contribution in [1.29, 1.82) is 0 Å². The van der Waals surface area contributed by atoms with E-state index < -0.39 is 0 Å². The van der Waals surface area contributed by atoms with E-state index in [0.717, 1.165) is 19.7 Å². The lowest BCUT2D eigenvalue weighted by atomic mass is 9.99. The van der Waals surface area contributed by atoms with Crippen molar-refractivity contribution < 1.29 is 22.0 Å². The van der Waals surface area contributed by atoms with Crippen molar-refractivity contribution in [2.24, 2.45) is 0 Å². The number of hydrogen-bond donors (Lipinski definition) is 1. The Bertz CT molecular complexity index is 611. The summed E-state index contributed by atoms with van der Waals surface area (Å²) in [5, 5.41) is 0. The van der Waals surface area contributed by atoms with Gasteiger partial charge in [0.25, 0.3) is 0 Å². The van der Waals surface area contributed by atoms with Crippen LogP contribution < -0.4 is 17.3 Å². The Kier molecular flexibility index (Phi) is 6.64. The minimum absolute atomic E-state index is 0. The Morgan fingerprint density at radius 3 is 2.43 bits per heavy atom. The smallest absolute Gasteiger partial charge is 0.131 e. The zero-order valence-electron chi connectivity index (χ0n) is 14.0. The predicted molar refractivity (Wildman–Crippen MR) is 90.1 cm³/mol. The summed E-state index contributed by atoms with van der Waals surface area (Å²) in [6, 6.07) is 17.6. The third-order valence-corrected chi connectivity index (χ3v) is 4.60. The Labute approximate surface area is 145 Å². The first kappa shape index (κ1) is 18.0. The van der Waals surface area contributed by atoms with E-state index in [-0.39, 0.29) is 18.5 Å². The monoisotopic (exact) mass is 331 g/mol. The Balaban J connectivity index is 0.00000192. The number of fused-ring (bicyclic) bond motifs is 1. The van der Waals surface area contributed by atoms with Gasteiger partial charge in [0.15, 0.2) is 0 Å². The van der Waals surface area contributed by atoms with Gasteiger partial charge in [0, 0.05) is 18.6 Å². The van der Waals surface area contributed by atoms with Gasteiger partial charge in [-0.25, -0.2) is 0 Å². The normalized spacial score (nSPS) is 17.9. The molecule has 0 aromatic heterocycles. The van der Waals surface area contributed by atoms with Crippen molar-refractivity contribution in [3.8, 4) is 0 Å². The lowest BCUT2D eigenvalue weighted by molar-refractivity contribution is -0.919. The first-order valence-corrected chi connectivity index (χ1v) is 8.34. The first-order chi connectivity index (χ1) is 10.8. The summed E-state index contributed by atoms with van der Waals surface area (Å²) in [6.07, 6.45) is 1.38. The fourth-order valence-electron chi connectivity index (χ4n) is 3.33. The number of quaternary nitrogens is 1. The van der Waals surface area contributed by atoms with Gasteiger partial charge in [-0.05, 0) is 25.0 Å². The second-order valence-electron chi connectivity index (χ2n) is 6.25. The maximum Gasteiger partial charge on any atom is 0.131 e. The number of hydrogen-bond acceptors (Lipinski definition) is 1. The number of halogens is 1. The molecule has 124 valence electrons. The maximum absolute atomic E-state index is 6.04. The van der Waals surface area contributed by atoms with E-state index in [1.54, 1.807) is 4.90 Å². The summed E-state index contributed by atoms with van der Waals surface area (Å²) in [7, 11) is 0. The van der Waals surface area contributed by atoms with Crippen LogP contribution in [0.25, 0.3) is 0 Å². The Morgan fingerprint density at radius 2 is 1.74 bits per heavy atom. The highest BCUT2D eigenvalue weighted by molar-refractivity contribution is 5.27. The molecule has 0 spiro atoms. The maximum atomic E-state index is 6.04. The summed E-state index contributed by atoms with van der Waals surface area (Å²) in [6.45, 7) is 8.35. The predicted octanol–water partition coefficient (Wildman–Crippen LogP) is -0.282. The molecule has 1 aliphatic rings. The van der Waals surface area contributed by atoms with E-state index in [1.807, 2.05) is 0 Å². The molecule has 2 unspecified atom stereocenters. The van der Waals surface area contributed by atoms with Gasteiger partial charge in [0.2, 0.25) is 0 Å². The van der Waals surface area contributed by atoms with Gasteiger partial charge >= 0.3 is 0 Å². The largest absolute Gasteiger partial charge is 1.00 e. The van der Waals surface area contributed by atoms with Crippen molar-refractivity contribution in [3.05, 3.63) is 70.8 Å². The standard InChI is InChI=1S/C20H25NO.ClH/c1-3-22-20(18-10-8-16(2)9-11-18)15-21-13-12-17-6-4-5-7-19(17)14-21;/h4-11,20H,3,12-15H2,1-2H3;1H. The fourth-order valence-corrected chi connectivity index (χ4v) is 3.33. The summed E-state index contributed by atoms with van der Waals surface area (Å²) >= 11 is 0. The molecule has 0 fully saturated rings. The molecule has 1 aliphatic heterocycles. The first-order valence-electron chi connectivity index (χ1n) is 8.34. The van der Waals surface area contributed by atoms with Crippen LogP contribution in [0.5, 0.6) is 0 Å². The van der Waals surface area contributed by atoms with Crippen LogP contribution in [-0.2, 0) is 17.7 Å². The van der Waals surface area contributed by atoms with Gasteiger partial charge in [-0.15, -0.1) is 0 Å². The molecule has 1 heterocycles.